The molecular weight excluding hydrogens is 551 g/mol. The first kappa shape index (κ1) is 28.0. The summed E-state index contributed by atoms with van der Waals surface area (Å²) in [6.45, 7) is 10.5. The van der Waals surface area contributed by atoms with E-state index in [1.807, 2.05) is 39.8 Å². The van der Waals surface area contributed by atoms with Crippen LogP contribution in [0, 0.1) is 10.8 Å². The van der Waals surface area contributed by atoms with E-state index in [0.29, 0.717) is 51.3 Å². The molecule has 1 spiro atoms. The van der Waals surface area contributed by atoms with Crippen LogP contribution in [-0.2, 0) is 4.74 Å². The smallest absolute Gasteiger partial charge is 0.410 e. The molecule has 5 rings (SSSR count). The number of halogens is 2. The van der Waals surface area contributed by atoms with E-state index < -0.39 is 11.7 Å². The summed E-state index contributed by atoms with van der Waals surface area (Å²) in [5.41, 5.74) is 8.34. The monoisotopic (exact) mass is 582 g/mol. The first-order valence-electron chi connectivity index (χ1n) is 13.0. The molecule has 40 heavy (non-hydrogen) atoms. The average molecular weight is 584 g/mol. The zero-order chi connectivity index (χ0) is 28.8. The molecule has 2 aliphatic rings. The highest BCUT2D eigenvalue weighted by molar-refractivity contribution is 6.35. The first-order chi connectivity index (χ1) is 18.8. The fraction of sp³-hybridized carbons (Fsp3) is 0.379. The Hall–Kier alpha value is -3.56. The molecule has 0 aliphatic carbocycles. The Bertz CT molecular complexity index is 1420. The van der Waals surface area contributed by atoms with Crippen molar-refractivity contribution in [2.24, 2.45) is 5.41 Å². The Kier molecular flexibility index (Phi) is 7.31. The van der Waals surface area contributed by atoms with Gasteiger partial charge < -0.3 is 25.0 Å². The highest BCUT2D eigenvalue weighted by atomic mass is 35.5. The van der Waals surface area contributed by atoms with E-state index in [-0.39, 0.29) is 17.2 Å². The minimum Gasteiger partial charge on any atom is -0.486 e. The van der Waals surface area contributed by atoms with Crippen LogP contribution in [0.4, 0.5) is 16.3 Å². The van der Waals surface area contributed by atoms with E-state index in [1.54, 1.807) is 29.3 Å². The summed E-state index contributed by atoms with van der Waals surface area (Å²) < 4.78 is 11.6. The zero-order valence-electron chi connectivity index (χ0n) is 22.9. The molecule has 9 nitrogen and oxygen atoms in total. The van der Waals surface area contributed by atoms with Crippen LogP contribution in [0.15, 0.2) is 48.9 Å². The summed E-state index contributed by atoms with van der Waals surface area (Å²) in [6, 6.07) is 8.97. The van der Waals surface area contributed by atoms with E-state index in [2.05, 4.69) is 14.9 Å². The van der Waals surface area contributed by atoms with Gasteiger partial charge in [-0.3, -0.25) is 10.4 Å². The van der Waals surface area contributed by atoms with Crippen molar-refractivity contribution in [3.63, 3.8) is 0 Å². The molecule has 2 fully saturated rings. The first-order valence-corrected chi connectivity index (χ1v) is 13.7. The van der Waals surface area contributed by atoms with Crippen LogP contribution in [0.2, 0.25) is 10.0 Å². The van der Waals surface area contributed by atoms with Gasteiger partial charge in [-0.05, 0) is 58.0 Å². The van der Waals surface area contributed by atoms with Crippen molar-refractivity contribution in [1.82, 2.24) is 14.9 Å². The number of hydrogen-bond acceptors (Lipinski definition) is 8. The van der Waals surface area contributed by atoms with Crippen LogP contribution < -0.4 is 15.4 Å². The van der Waals surface area contributed by atoms with Gasteiger partial charge in [0.2, 0.25) is 0 Å². The van der Waals surface area contributed by atoms with Gasteiger partial charge in [-0.25, -0.2) is 9.78 Å². The summed E-state index contributed by atoms with van der Waals surface area (Å²) in [6.07, 6.45) is 4.03. The van der Waals surface area contributed by atoms with Gasteiger partial charge in [-0.1, -0.05) is 23.2 Å². The molecule has 1 aromatic carbocycles. The normalized spacial score (nSPS) is 16.6. The van der Waals surface area contributed by atoms with Crippen molar-refractivity contribution in [2.75, 3.05) is 36.8 Å². The van der Waals surface area contributed by atoms with Gasteiger partial charge in [-0.15, -0.1) is 0 Å². The molecular formula is C29H32Cl2N6O3. The SMILES string of the molecule is C[C@@H](Oc1ccc(N)c(C(=N)c2ccc(N3CC4(CN(C(=O)OC(C)(C)C)C4)C3)nc2)c1)c1c(Cl)cncc1Cl. The van der Waals surface area contributed by atoms with E-state index in [4.69, 9.17) is 43.8 Å². The Labute approximate surface area is 243 Å². The van der Waals surface area contributed by atoms with Crippen LogP contribution in [-0.4, -0.2) is 58.5 Å². The quantitative estimate of drug-likeness (QED) is 0.271. The fourth-order valence-corrected chi connectivity index (χ4v) is 5.79. The molecule has 1 amide bonds. The number of amides is 1. The summed E-state index contributed by atoms with van der Waals surface area (Å²) in [4.78, 5) is 24.8. The van der Waals surface area contributed by atoms with Crippen LogP contribution in [0.25, 0.3) is 0 Å². The van der Waals surface area contributed by atoms with Crippen LogP contribution in [0.5, 0.6) is 5.75 Å². The highest BCUT2D eigenvalue weighted by Gasteiger charge is 2.54. The molecule has 0 unspecified atom stereocenters. The van der Waals surface area contributed by atoms with Gasteiger partial charge in [0, 0.05) is 72.6 Å². The van der Waals surface area contributed by atoms with Crippen molar-refractivity contribution in [1.29, 1.82) is 5.41 Å². The van der Waals surface area contributed by atoms with Crippen LogP contribution >= 0.6 is 23.2 Å². The predicted molar refractivity (Wildman–Crippen MR) is 157 cm³/mol. The van der Waals surface area contributed by atoms with Gasteiger partial charge in [0.15, 0.2) is 0 Å². The van der Waals surface area contributed by atoms with Gasteiger partial charge >= 0.3 is 6.09 Å². The number of nitrogens with zero attached hydrogens (tertiary/aromatic N) is 4. The van der Waals surface area contributed by atoms with Crippen LogP contribution in [0.1, 0.15) is 50.5 Å². The third-order valence-electron chi connectivity index (χ3n) is 7.02. The molecule has 4 heterocycles. The second kappa shape index (κ2) is 10.4. The number of hydrogen-bond donors (Lipinski definition) is 2. The maximum absolute atomic E-state index is 12.3. The van der Waals surface area contributed by atoms with Crippen molar-refractivity contribution in [2.45, 2.75) is 39.4 Å². The molecule has 2 aromatic heterocycles. The number of pyridine rings is 2. The summed E-state index contributed by atoms with van der Waals surface area (Å²) >= 11 is 12.6. The van der Waals surface area contributed by atoms with E-state index in [9.17, 15) is 4.79 Å². The highest BCUT2D eigenvalue weighted by Crippen LogP contribution is 2.42. The second-order valence-corrected chi connectivity index (χ2v) is 12.3. The van der Waals surface area contributed by atoms with Crippen molar-refractivity contribution >= 4 is 46.5 Å². The maximum Gasteiger partial charge on any atom is 0.410 e. The lowest BCUT2D eigenvalue weighted by Crippen LogP contribution is -2.73. The lowest BCUT2D eigenvalue weighted by Gasteiger charge is -2.60. The minimum atomic E-state index is -0.495. The van der Waals surface area contributed by atoms with E-state index >= 15 is 0 Å². The number of nitrogen functional groups attached to an aromatic ring is 1. The number of anilines is 2. The van der Waals surface area contributed by atoms with Crippen LogP contribution in [0.3, 0.4) is 0 Å². The number of nitrogens with one attached hydrogen (secondary N) is 1. The Morgan fingerprint density at radius 1 is 1.07 bits per heavy atom. The molecule has 210 valence electrons. The topological polar surface area (TPSA) is 118 Å². The largest absolute Gasteiger partial charge is 0.486 e. The van der Waals surface area contributed by atoms with Crippen molar-refractivity contribution < 1.29 is 14.3 Å². The molecule has 11 heteroatoms. The van der Waals surface area contributed by atoms with E-state index in [0.717, 1.165) is 18.9 Å². The Balaban J connectivity index is 1.21. The van der Waals surface area contributed by atoms with Gasteiger partial charge in [0.1, 0.15) is 23.3 Å². The number of aromatic nitrogens is 2. The third kappa shape index (κ3) is 5.67. The third-order valence-corrected chi connectivity index (χ3v) is 7.62. The number of likely N-dealkylation sites (tertiary alicyclic amines) is 1. The van der Waals surface area contributed by atoms with Gasteiger partial charge in [-0.2, -0.15) is 0 Å². The summed E-state index contributed by atoms with van der Waals surface area (Å²) in [5, 5.41) is 9.63. The maximum atomic E-state index is 12.3. The number of nitrogens with two attached hydrogens (primary N) is 1. The summed E-state index contributed by atoms with van der Waals surface area (Å²) in [7, 11) is 0. The number of ether oxygens (including phenoxy) is 2. The molecule has 0 saturated carbocycles. The van der Waals surface area contributed by atoms with Crippen molar-refractivity contribution in [3.8, 4) is 5.75 Å². The zero-order valence-corrected chi connectivity index (χ0v) is 24.4. The fourth-order valence-electron chi connectivity index (χ4n) is 5.12. The average Bonchev–Trinajstić information content (AvgIpc) is 2.82. The number of rotatable bonds is 6. The number of carbonyl (C=O) groups is 1. The molecule has 3 N–H and O–H groups in total. The molecule has 1 atom stereocenters. The molecule has 0 radical (unpaired) electrons. The van der Waals surface area contributed by atoms with E-state index in [1.165, 1.54) is 12.4 Å². The van der Waals surface area contributed by atoms with Crippen molar-refractivity contribution in [3.05, 3.63) is 75.7 Å². The van der Waals surface area contributed by atoms with Gasteiger partial charge in [0.05, 0.1) is 15.8 Å². The molecule has 0 bridgehead atoms. The lowest BCUT2D eigenvalue weighted by molar-refractivity contribution is -0.0454. The molecule has 3 aromatic rings. The lowest BCUT2D eigenvalue weighted by atomic mass is 9.73. The standard InChI is InChI=1S/C29H32Cl2N6O3/c1-17(25-21(30)11-34-12-22(25)31)39-19-6-7-23(32)20(9-19)26(33)18-5-8-24(35-10-18)36-13-29(14-36)15-37(16-29)27(38)40-28(2,3)4/h5-12,17,33H,13-16,32H2,1-4H3/t17-/m1/s1. The summed E-state index contributed by atoms with van der Waals surface area (Å²) in [5.74, 6) is 1.37. The molecule has 2 aliphatic heterocycles. The molecule has 2 saturated heterocycles. The number of carbonyl (C=O) groups excluding carboxylic acids is 1. The minimum absolute atomic E-state index is 0.0979. The second-order valence-electron chi connectivity index (χ2n) is 11.5. The Morgan fingerprint density at radius 2 is 1.75 bits per heavy atom. The van der Waals surface area contributed by atoms with Gasteiger partial charge in [0.25, 0.3) is 0 Å². The number of benzene rings is 1. The Morgan fingerprint density at radius 3 is 2.35 bits per heavy atom. The predicted octanol–water partition coefficient (Wildman–Crippen LogP) is 5.98.